The molecule has 0 fully saturated rings. The summed E-state index contributed by atoms with van der Waals surface area (Å²) in [4.78, 5) is 21.3. The van der Waals surface area contributed by atoms with Crippen molar-refractivity contribution in [3.05, 3.63) is 34.0 Å². The number of sulfonamides is 1. The first kappa shape index (κ1) is 18.2. The topological polar surface area (TPSA) is 158 Å². The summed E-state index contributed by atoms with van der Waals surface area (Å²) in [5.41, 5.74) is 7.73. The number of nitrogens with one attached hydrogen (secondary N) is 1. The van der Waals surface area contributed by atoms with E-state index in [4.69, 9.17) is 10.9 Å². The van der Waals surface area contributed by atoms with Crippen LogP contribution in [-0.2, 0) is 27.8 Å². The van der Waals surface area contributed by atoms with Gasteiger partial charge in [0.1, 0.15) is 4.21 Å². The summed E-state index contributed by atoms with van der Waals surface area (Å²) in [6.07, 6.45) is 0.105. The molecule has 1 amide bonds. The number of rotatable bonds is 5. The van der Waals surface area contributed by atoms with E-state index in [1.165, 1.54) is 10.6 Å². The molecule has 12 heteroatoms. The summed E-state index contributed by atoms with van der Waals surface area (Å²) in [5, 5.41) is 11.9. The van der Waals surface area contributed by atoms with Crippen LogP contribution in [0.15, 0.2) is 16.3 Å². The number of anilines is 1. The Morgan fingerprint density at radius 2 is 2.04 bits per heavy atom. The quantitative estimate of drug-likeness (QED) is 0.543. The van der Waals surface area contributed by atoms with Gasteiger partial charge in [-0.15, -0.1) is 16.4 Å². The second-order valence-electron chi connectivity index (χ2n) is 5.66. The van der Waals surface area contributed by atoms with Gasteiger partial charge in [0.15, 0.2) is 0 Å². The third-order valence-electron chi connectivity index (χ3n) is 3.78. The number of primary sulfonamides is 1. The smallest absolute Gasteiger partial charge is 0.254 e. The number of carbonyl (C=O) groups is 1. The van der Waals surface area contributed by atoms with Crippen LogP contribution in [0.3, 0.4) is 0 Å². The second kappa shape index (κ2) is 6.63. The first-order valence-corrected chi connectivity index (χ1v) is 9.88. The van der Waals surface area contributed by atoms with Crippen LogP contribution in [0, 0.1) is 13.8 Å². The van der Waals surface area contributed by atoms with Gasteiger partial charge in [-0.2, -0.15) is 9.50 Å². The number of hydrogen-bond acceptors (Lipinski definition) is 8. The first-order valence-electron chi connectivity index (χ1n) is 7.51. The number of aromatic nitrogens is 4. The van der Waals surface area contributed by atoms with Gasteiger partial charge >= 0.3 is 0 Å². The Hall–Kier alpha value is -2.57. The molecule has 0 saturated carbocycles. The van der Waals surface area contributed by atoms with Gasteiger partial charge in [0.2, 0.25) is 21.9 Å². The summed E-state index contributed by atoms with van der Waals surface area (Å²) >= 11 is 1.02. The zero-order chi connectivity index (χ0) is 19.1. The molecule has 0 saturated heterocycles. The largest absolute Gasteiger partial charge is 0.366 e. The summed E-state index contributed by atoms with van der Waals surface area (Å²) in [5.74, 6) is 0.275. The molecule has 3 aromatic heterocycles. The molecule has 3 aromatic rings. The lowest BCUT2D eigenvalue weighted by Gasteiger charge is -2.10. The van der Waals surface area contributed by atoms with Crippen LogP contribution in [0.5, 0.6) is 0 Å². The Morgan fingerprint density at radius 1 is 1.31 bits per heavy atom. The van der Waals surface area contributed by atoms with Gasteiger partial charge in [-0.3, -0.25) is 4.79 Å². The van der Waals surface area contributed by atoms with Crippen LogP contribution in [-0.4, -0.2) is 33.9 Å². The number of fused-ring (bicyclic) bond motifs is 1. The molecule has 5 N–H and O–H groups in total. The zero-order valence-electron chi connectivity index (χ0n) is 14.1. The first-order chi connectivity index (χ1) is 12.1. The van der Waals surface area contributed by atoms with Gasteiger partial charge in [0.05, 0.1) is 13.0 Å². The molecule has 0 aliphatic carbocycles. The van der Waals surface area contributed by atoms with Crippen LogP contribution >= 0.6 is 11.3 Å². The van der Waals surface area contributed by atoms with Crippen LogP contribution in [0.4, 0.5) is 5.95 Å². The number of amides is 1. The van der Waals surface area contributed by atoms with E-state index in [-0.39, 0.29) is 29.0 Å². The van der Waals surface area contributed by atoms with Crippen molar-refractivity contribution in [1.82, 2.24) is 24.9 Å². The van der Waals surface area contributed by atoms with Crippen LogP contribution in [0.1, 0.15) is 21.8 Å². The molecule has 26 heavy (non-hydrogen) atoms. The van der Waals surface area contributed by atoms with E-state index in [9.17, 15) is 13.2 Å². The number of aryl methyl sites for hydroxylation is 2. The Balaban J connectivity index is 1.72. The van der Waals surface area contributed by atoms with Gasteiger partial charge in [0.25, 0.3) is 5.78 Å². The van der Waals surface area contributed by atoms with Crippen molar-refractivity contribution >= 4 is 39.0 Å². The van der Waals surface area contributed by atoms with Crippen molar-refractivity contribution in [2.24, 2.45) is 5.14 Å². The van der Waals surface area contributed by atoms with E-state index in [2.05, 4.69) is 20.4 Å². The molecule has 0 aliphatic rings. The third kappa shape index (κ3) is 3.66. The third-order valence-corrected chi connectivity index (χ3v) is 6.30. The maximum Gasteiger partial charge on any atom is 0.254 e. The molecule has 3 heterocycles. The number of nitrogens with zero attached hydrogens (tertiary/aromatic N) is 4. The van der Waals surface area contributed by atoms with E-state index in [1.807, 2.05) is 6.92 Å². The van der Waals surface area contributed by atoms with E-state index < -0.39 is 10.0 Å². The monoisotopic (exact) mass is 395 g/mol. The van der Waals surface area contributed by atoms with E-state index in [0.717, 1.165) is 22.6 Å². The lowest BCUT2D eigenvalue weighted by Crippen LogP contribution is -2.25. The predicted octanol–water partition coefficient (Wildman–Crippen LogP) is -0.109. The van der Waals surface area contributed by atoms with Crippen LogP contribution < -0.4 is 16.2 Å². The van der Waals surface area contributed by atoms with Crippen LogP contribution in [0.2, 0.25) is 0 Å². The Kier molecular flexibility index (Phi) is 4.64. The normalized spacial score (nSPS) is 11.8. The van der Waals surface area contributed by atoms with Crippen molar-refractivity contribution in [3.8, 4) is 0 Å². The molecule has 138 valence electrons. The molecule has 3 rings (SSSR count). The second-order valence-corrected chi connectivity index (χ2v) is 8.62. The molecule has 0 atom stereocenters. The molecular weight excluding hydrogens is 378 g/mol. The molecule has 0 radical (unpaired) electrons. The number of thiophene rings is 1. The molecule has 0 spiro atoms. The summed E-state index contributed by atoms with van der Waals surface area (Å²) < 4.78 is 24.1. The van der Waals surface area contributed by atoms with Crippen molar-refractivity contribution < 1.29 is 13.2 Å². The van der Waals surface area contributed by atoms with Gasteiger partial charge in [0, 0.05) is 21.8 Å². The molecule has 0 aromatic carbocycles. The number of carbonyl (C=O) groups excluding carboxylic acids is 1. The fourth-order valence-electron chi connectivity index (χ4n) is 2.49. The highest BCUT2D eigenvalue weighted by molar-refractivity contribution is 7.91. The average Bonchev–Trinajstić information content (AvgIpc) is 3.15. The van der Waals surface area contributed by atoms with Crippen molar-refractivity contribution in [1.29, 1.82) is 0 Å². The van der Waals surface area contributed by atoms with Crippen LogP contribution in [0.25, 0.3) is 5.78 Å². The highest BCUT2D eigenvalue weighted by Gasteiger charge is 2.16. The van der Waals surface area contributed by atoms with E-state index in [1.54, 1.807) is 13.0 Å². The fraction of sp³-hybridized carbons (Fsp3) is 0.286. The number of hydrogen-bond donors (Lipinski definition) is 3. The molecule has 10 nitrogen and oxygen atoms in total. The lowest BCUT2D eigenvalue weighted by atomic mass is 10.1. The Bertz CT molecular complexity index is 1100. The number of nitrogens with two attached hydrogens (primary N) is 2. The highest BCUT2D eigenvalue weighted by Crippen LogP contribution is 2.20. The summed E-state index contributed by atoms with van der Waals surface area (Å²) in [6, 6.07) is 3.04. The van der Waals surface area contributed by atoms with Gasteiger partial charge in [-0.25, -0.2) is 18.5 Å². The molecule has 0 unspecified atom stereocenters. The van der Waals surface area contributed by atoms with E-state index >= 15 is 0 Å². The Labute approximate surface area is 153 Å². The van der Waals surface area contributed by atoms with Gasteiger partial charge in [-0.05, 0) is 26.0 Å². The minimum Gasteiger partial charge on any atom is -0.366 e. The zero-order valence-corrected chi connectivity index (χ0v) is 15.7. The van der Waals surface area contributed by atoms with Crippen molar-refractivity contribution in [3.63, 3.8) is 0 Å². The highest BCUT2D eigenvalue weighted by atomic mass is 32.2. The minimum atomic E-state index is -3.73. The summed E-state index contributed by atoms with van der Waals surface area (Å²) in [6.45, 7) is 3.82. The lowest BCUT2D eigenvalue weighted by molar-refractivity contribution is -0.120. The number of nitrogen functional groups attached to an aromatic ring is 1. The minimum absolute atomic E-state index is 0.0619. The molecular formula is C14H17N7O3S2. The van der Waals surface area contributed by atoms with Gasteiger partial charge < -0.3 is 11.1 Å². The SMILES string of the molecule is Cc1nc2nc(N)nn2c(C)c1CC(=O)NCc1ccc(S(N)(=O)=O)s1. The predicted molar refractivity (Wildman–Crippen MR) is 95.9 cm³/mol. The van der Waals surface area contributed by atoms with Crippen molar-refractivity contribution in [2.75, 3.05) is 5.73 Å². The maximum absolute atomic E-state index is 12.3. The average molecular weight is 395 g/mol. The Morgan fingerprint density at radius 3 is 2.69 bits per heavy atom. The fourth-order valence-corrected chi connectivity index (χ4v) is 4.21. The summed E-state index contributed by atoms with van der Waals surface area (Å²) in [7, 11) is -3.73. The molecule has 0 bridgehead atoms. The maximum atomic E-state index is 12.3. The standard InChI is InChI=1S/C14H17N7O3S2/c1-7-10(8(2)21-14(18-7)19-13(15)20-21)5-11(22)17-6-9-3-4-12(25-9)26(16,23)24/h3-4H,5-6H2,1-2H3,(H2,15,20)(H,17,22)(H2,16,23,24). The van der Waals surface area contributed by atoms with Crippen molar-refractivity contribution in [2.45, 2.75) is 31.0 Å². The van der Waals surface area contributed by atoms with E-state index in [0.29, 0.717) is 16.3 Å². The molecule has 0 aliphatic heterocycles. The van der Waals surface area contributed by atoms with Gasteiger partial charge in [-0.1, -0.05) is 0 Å².